The highest BCUT2D eigenvalue weighted by Crippen LogP contribution is 2.59. The molecule has 20 aromatic carbocycles. The fourth-order valence-corrected chi connectivity index (χ4v) is 23.9. The molecule has 30 rings (SSSR count). The molecule has 0 spiro atoms. The van der Waals surface area contributed by atoms with E-state index in [-0.39, 0.29) is 10.8 Å². The maximum absolute atomic E-state index is 6.47. The molecule has 0 unspecified atom stereocenters. The lowest BCUT2D eigenvalue weighted by molar-refractivity contribution is 0.476. The van der Waals surface area contributed by atoms with Crippen molar-refractivity contribution < 1.29 is 18.3 Å². The maximum atomic E-state index is 6.47. The maximum Gasteiger partial charge on any atom is 0.227 e. The van der Waals surface area contributed by atoms with Gasteiger partial charge in [0, 0.05) is 78.3 Å². The first-order chi connectivity index (χ1) is 73.8. The van der Waals surface area contributed by atoms with Crippen LogP contribution in [0.15, 0.2) is 482 Å². The second-order valence-electron chi connectivity index (χ2n) is 38.9. The Morgan fingerprint density at radius 1 is 0.207 bits per heavy atom. The minimum Gasteiger partial charge on any atom is -0.453 e. The Balaban J connectivity index is 0.000000109. The van der Waals surface area contributed by atoms with Crippen LogP contribution in [0.25, 0.3) is 154 Å². The smallest absolute Gasteiger partial charge is 0.227 e. The van der Waals surface area contributed by atoms with Gasteiger partial charge in [0.2, 0.25) is 11.8 Å². The molecule has 10 heterocycles. The zero-order valence-electron chi connectivity index (χ0n) is 81.8. The lowest BCUT2D eigenvalue weighted by atomic mass is 9.73. The molecule has 0 N–H and O–H groups in total. The van der Waals surface area contributed by atoms with Crippen LogP contribution in [0.3, 0.4) is 0 Å². The number of hydrogen-bond donors (Lipinski definition) is 0. The first-order valence-corrected chi connectivity index (χ1v) is 51.9. The highest BCUT2D eigenvalue weighted by atomic mass is 32.1. The van der Waals surface area contributed by atoms with Gasteiger partial charge in [-0.3, -0.25) is 9.13 Å². The minimum atomic E-state index is -0.161. The molecular weight excluding hydrogens is 1880 g/mol. The summed E-state index contributed by atoms with van der Waals surface area (Å²) in [5, 5.41) is 1.93. The normalized spacial score (nSPS) is 13.2. The topological polar surface area (TPSA) is 145 Å². The first-order valence-electron chi connectivity index (χ1n) is 50.2. The molecule has 16 nitrogen and oxygen atoms in total. The lowest BCUT2D eigenvalue weighted by Gasteiger charge is -2.42. The van der Waals surface area contributed by atoms with E-state index in [0.717, 1.165) is 217 Å². The quantitative estimate of drug-likeness (QED) is 0.108. The summed E-state index contributed by atoms with van der Waals surface area (Å²) < 4.78 is 32.5. The predicted molar refractivity (Wildman–Crippen MR) is 611 cm³/mol. The number of imidazole rings is 2. The van der Waals surface area contributed by atoms with Gasteiger partial charge in [0.05, 0.1) is 88.0 Å². The molecule has 0 atom stereocenters. The van der Waals surface area contributed by atoms with Gasteiger partial charge < -0.3 is 37.9 Å². The minimum absolute atomic E-state index is 0.140. The van der Waals surface area contributed by atoms with E-state index in [4.69, 9.17) is 48.2 Å². The van der Waals surface area contributed by atoms with Crippen LogP contribution >= 0.6 is 22.7 Å². The van der Waals surface area contributed by atoms with E-state index in [1.807, 2.05) is 127 Å². The number of thiazole rings is 2. The van der Waals surface area contributed by atoms with Crippen molar-refractivity contribution >= 4 is 156 Å². The number of nitrogens with zero attached hydrogens (tertiary/aromatic N) is 12. The van der Waals surface area contributed by atoms with Crippen LogP contribution in [0.2, 0.25) is 0 Å². The van der Waals surface area contributed by atoms with Gasteiger partial charge in [-0.1, -0.05) is 258 Å². The zero-order chi connectivity index (χ0) is 99.8. The molecule has 0 fully saturated rings. The monoisotopic (exact) mass is 1970 g/mol. The molecule has 4 aliphatic rings. The van der Waals surface area contributed by atoms with Crippen LogP contribution in [0.4, 0.5) is 68.2 Å². The van der Waals surface area contributed by atoms with Crippen LogP contribution in [0, 0.1) is 0 Å². The fourth-order valence-electron chi connectivity index (χ4n) is 22.0. The number of ether oxygens (including phenoxy) is 2. The highest BCUT2D eigenvalue weighted by Gasteiger charge is 2.41. The molecule has 714 valence electrons. The molecule has 4 aliphatic heterocycles. The van der Waals surface area contributed by atoms with Crippen molar-refractivity contribution in [2.45, 2.75) is 38.5 Å². The van der Waals surface area contributed by atoms with Crippen molar-refractivity contribution in [1.82, 2.24) is 39.0 Å². The summed E-state index contributed by atoms with van der Waals surface area (Å²) in [4.78, 5) is 40.0. The first kappa shape index (κ1) is 88.6. The van der Waals surface area contributed by atoms with E-state index < -0.39 is 0 Å². The van der Waals surface area contributed by atoms with Crippen LogP contribution in [-0.2, 0) is 10.8 Å². The van der Waals surface area contributed by atoms with Crippen LogP contribution < -0.4 is 29.1 Å². The SMILES string of the molecule is CC1(C)c2ccccc2N(c2cc(-c3nc4ccccc4o3)cc(-c3nc4ccccc4n3-c3ccccc3)c2)c2ccccc21.CC1(C)c2ccccc2N(c2cc(-c3nc4ccccc4s3)cc(-c3nc4ccccc4n3-c3ccccc3)c2)c2ccccc21.c1ccc2c(c1)Oc1ccccc1N2c1cc(-c2cc(-c3nc4ccccc4s3)cc(N3c4ccccc4Oc4ccccc43)c2)cc(-c2nc3ccccc3o2)c1. The number of fused-ring (bicyclic) bond motifs is 14. The van der Waals surface area contributed by atoms with Crippen molar-refractivity contribution in [3.05, 3.63) is 495 Å². The Kier molecular flexibility index (Phi) is 21.2. The molecule has 0 saturated carbocycles. The summed E-state index contributed by atoms with van der Waals surface area (Å²) in [6.45, 7) is 9.27. The summed E-state index contributed by atoms with van der Waals surface area (Å²) in [5.41, 5.74) is 36.4. The summed E-state index contributed by atoms with van der Waals surface area (Å²) >= 11 is 3.42. The number of anilines is 12. The van der Waals surface area contributed by atoms with Gasteiger partial charge in [-0.05, 0) is 276 Å². The number of hydrogen-bond acceptors (Lipinski definition) is 16. The number of oxazole rings is 2. The predicted octanol–water partition coefficient (Wildman–Crippen LogP) is 36.3. The van der Waals surface area contributed by atoms with E-state index in [2.05, 4.69) is 402 Å². The van der Waals surface area contributed by atoms with Gasteiger partial charge in [0.15, 0.2) is 34.2 Å². The standard InChI is InChI=1S/C50H30N4O3S.C41H30N4O.C41H30N4S/c1-7-19-43-37(13-1)51-49(57-43)33-25-31(27-35(29-33)53-39-15-3-8-20-44(39)55-45-21-9-4-16-40(45)53)32-26-34(50-52-38-14-2-12-24-48(38)58-50)30-36(28-32)54-41-17-5-10-22-46(41)56-47-23-11-6-18-42(47)54;2*1-41(2)31-16-6-10-20-35(31)44(36-21-11-7-17-32(36)41)30-25-27(24-28(26-30)40-43-34-19-9-13-23-38(34)46-40)39-42-33-18-8-12-22-37(33)45(39)29-14-4-3-5-15-29/h1-30H;2*3-26H,1-2H3. The zero-order valence-corrected chi connectivity index (χ0v) is 83.5. The number of rotatable bonds is 13. The Bertz CT molecular complexity index is 8960. The van der Waals surface area contributed by atoms with Crippen LogP contribution in [-0.4, -0.2) is 39.0 Å². The third-order valence-corrected chi connectivity index (χ3v) is 31.2. The molecule has 0 amide bonds. The summed E-state index contributed by atoms with van der Waals surface area (Å²) in [5.74, 6) is 6.00. The van der Waals surface area contributed by atoms with E-state index >= 15 is 0 Å². The van der Waals surface area contributed by atoms with Gasteiger partial charge in [-0.2, -0.15) is 0 Å². The molecular formula is C132H90N12O4S2. The summed E-state index contributed by atoms with van der Waals surface area (Å²) in [6, 6.07) is 165. The third kappa shape index (κ3) is 15.3. The largest absolute Gasteiger partial charge is 0.453 e. The second-order valence-corrected chi connectivity index (χ2v) is 41.0. The average Bonchev–Trinajstić information content (AvgIpc) is 1.08. The van der Waals surface area contributed by atoms with Crippen molar-refractivity contribution in [2.75, 3.05) is 19.6 Å². The van der Waals surface area contributed by atoms with Gasteiger partial charge in [-0.25, -0.2) is 29.9 Å². The highest BCUT2D eigenvalue weighted by molar-refractivity contribution is 7.22. The molecule has 0 radical (unpaired) electrons. The van der Waals surface area contributed by atoms with Gasteiger partial charge >= 0.3 is 0 Å². The van der Waals surface area contributed by atoms with Gasteiger partial charge in [-0.15, -0.1) is 22.7 Å². The summed E-state index contributed by atoms with van der Waals surface area (Å²) in [6.07, 6.45) is 0. The van der Waals surface area contributed by atoms with Crippen LogP contribution in [0.5, 0.6) is 23.0 Å². The van der Waals surface area contributed by atoms with Crippen LogP contribution in [0.1, 0.15) is 49.9 Å². The lowest BCUT2D eigenvalue weighted by Crippen LogP contribution is -2.30. The summed E-state index contributed by atoms with van der Waals surface area (Å²) in [7, 11) is 0. The fraction of sp³-hybridized carbons (Fsp3) is 0.0455. The van der Waals surface area contributed by atoms with Crippen molar-refractivity contribution in [3.63, 3.8) is 0 Å². The number of aromatic nitrogens is 8. The van der Waals surface area contributed by atoms with E-state index in [0.29, 0.717) is 11.8 Å². The molecule has 0 aliphatic carbocycles. The molecule has 0 saturated heterocycles. The Morgan fingerprint density at radius 3 is 0.840 bits per heavy atom. The molecule has 150 heavy (non-hydrogen) atoms. The van der Waals surface area contributed by atoms with E-state index in [1.54, 1.807) is 22.7 Å². The number of benzene rings is 20. The van der Waals surface area contributed by atoms with Crippen molar-refractivity contribution in [2.24, 2.45) is 0 Å². The average molecular weight is 1970 g/mol. The van der Waals surface area contributed by atoms with Crippen molar-refractivity contribution in [3.8, 4) is 112 Å². The van der Waals surface area contributed by atoms with E-state index in [1.165, 1.54) is 38.3 Å². The third-order valence-electron chi connectivity index (χ3n) is 29.0. The number of para-hydroxylation sites is 24. The van der Waals surface area contributed by atoms with E-state index in [9.17, 15) is 0 Å². The van der Waals surface area contributed by atoms with Gasteiger partial charge in [0.25, 0.3) is 0 Å². The molecule has 18 heteroatoms. The molecule has 0 bridgehead atoms. The Morgan fingerprint density at radius 2 is 0.473 bits per heavy atom. The van der Waals surface area contributed by atoms with Gasteiger partial charge in [0.1, 0.15) is 32.7 Å². The second kappa shape index (κ2) is 36.0. The Labute approximate surface area is 872 Å². The molecule has 26 aromatic rings. The Hall–Kier alpha value is -19.1. The molecule has 6 aromatic heterocycles. The van der Waals surface area contributed by atoms with Crippen molar-refractivity contribution in [1.29, 1.82) is 0 Å².